The van der Waals surface area contributed by atoms with Crippen LogP contribution >= 0.6 is 15.6 Å². The van der Waals surface area contributed by atoms with E-state index in [1.807, 2.05) is 46.9 Å². The van der Waals surface area contributed by atoms with Gasteiger partial charge in [0.1, 0.15) is 55.6 Å². The Kier molecular flexibility index (Phi) is 14.2. The summed E-state index contributed by atoms with van der Waals surface area (Å²) in [7, 11) is -12.6. The molecule has 0 aliphatic carbocycles. The molecule has 3 aliphatic heterocycles. The van der Waals surface area contributed by atoms with Gasteiger partial charge in [-0.05, 0) is 48.8 Å². The summed E-state index contributed by atoms with van der Waals surface area (Å²) >= 11 is 0. The van der Waals surface area contributed by atoms with Gasteiger partial charge in [0.2, 0.25) is 13.1 Å². The number of halogens is 1. The maximum Gasteiger partial charge on any atom is 0.475 e. The first kappa shape index (κ1) is 48.5. The fourth-order valence-electron chi connectivity index (χ4n) is 7.40. The molecule has 1 N–H and O–H groups in total. The summed E-state index contributed by atoms with van der Waals surface area (Å²) < 4.78 is 106. The third-order valence-corrected chi connectivity index (χ3v) is 19.2. The normalized spacial score (nSPS) is 29.3. The van der Waals surface area contributed by atoms with Crippen LogP contribution in [-0.4, -0.2) is 125 Å². The second kappa shape index (κ2) is 19.6. The van der Waals surface area contributed by atoms with Gasteiger partial charge in [0.25, 0.3) is 5.91 Å². The van der Waals surface area contributed by atoms with E-state index in [0.717, 1.165) is 11.9 Å². The summed E-state index contributed by atoms with van der Waals surface area (Å²) in [6, 6.07) is 13.8. The van der Waals surface area contributed by atoms with Crippen LogP contribution in [0.3, 0.4) is 0 Å². The molecule has 5 aromatic rings. The van der Waals surface area contributed by atoms with Gasteiger partial charge in [-0.15, -0.1) is 5.10 Å². The molecule has 0 spiro atoms. The molecule has 26 heteroatoms. The zero-order valence-corrected chi connectivity index (χ0v) is 40.1. The highest BCUT2D eigenvalue weighted by molar-refractivity contribution is 7.48. The smallest absolute Gasteiger partial charge is 0.408 e. The Morgan fingerprint density at radius 1 is 0.896 bits per heavy atom. The molecule has 3 saturated heterocycles. The fraction of sp³-hybridized carbons (Fsp3) is 0.512. The summed E-state index contributed by atoms with van der Waals surface area (Å²) in [6.07, 6.45) is -9.83. The summed E-state index contributed by atoms with van der Waals surface area (Å²) in [5.74, 6) is -0.463. The summed E-state index contributed by atoms with van der Waals surface area (Å²) in [5, 5.41) is 11.1. The molecule has 3 aliphatic rings. The van der Waals surface area contributed by atoms with Crippen LogP contribution in [-0.2, 0) is 50.2 Å². The van der Waals surface area contributed by atoms with Gasteiger partial charge in [0, 0.05) is 5.56 Å². The number of imidazole rings is 1. The number of phosphoric ester groups is 2. The van der Waals surface area contributed by atoms with E-state index in [9.17, 15) is 9.36 Å². The van der Waals surface area contributed by atoms with Gasteiger partial charge < -0.3 is 28.9 Å². The molecule has 1 amide bonds. The van der Waals surface area contributed by atoms with Crippen LogP contribution < -0.4 is 5.32 Å². The minimum atomic E-state index is -4.89. The Balaban J connectivity index is 1.19. The van der Waals surface area contributed by atoms with Gasteiger partial charge in [-0.3, -0.25) is 36.5 Å². The zero-order chi connectivity index (χ0) is 47.7. The minimum Gasteiger partial charge on any atom is -0.408 e. The molecule has 3 aromatic heterocycles. The first-order valence-electron chi connectivity index (χ1n) is 21.2. The highest BCUT2D eigenvalue weighted by Crippen LogP contribution is 2.59. The Morgan fingerprint density at radius 2 is 1.55 bits per heavy atom. The Labute approximate surface area is 385 Å². The number of fused-ring (bicyclic) bond motifs is 5. The molecule has 8 rings (SSSR count). The lowest BCUT2D eigenvalue weighted by atomic mass is 10.1. The van der Waals surface area contributed by atoms with Crippen molar-refractivity contribution in [2.75, 3.05) is 44.8 Å². The van der Waals surface area contributed by atoms with E-state index in [-0.39, 0.29) is 35.1 Å². The number of carbonyl (C=O) groups excluding carboxylic acids is 1. The largest absolute Gasteiger partial charge is 0.475 e. The van der Waals surface area contributed by atoms with E-state index < -0.39 is 105 Å². The highest BCUT2D eigenvalue weighted by atomic mass is 31.2. The van der Waals surface area contributed by atoms with Crippen molar-refractivity contribution in [3.8, 4) is 0 Å². The van der Waals surface area contributed by atoms with Crippen LogP contribution in [0, 0.1) is 20.1 Å². The lowest BCUT2D eigenvalue weighted by molar-refractivity contribution is -0.0738. The number of phosphoric acid groups is 2. The number of aryl methyl sites for hydroxylation is 1. The highest BCUT2D eigenvalue weighted by Gasteiger charge is 2.58. The van der Waals surface area contributed by atoms with E-state index in [1.54, 1.807) is 42.5 Å². The number of ether oxygens (including phenoxy) is 2. The number of anilines is 1. The molecular weight excluding hydrogens is 934 g/mol. The lowest BCUT2D eigenvalue weighted by Gasteiger charge is -2.40. The van der Waals surface area contributed by atoms with Crippen LogP contribution in [0.1, 0.15) is 49.1 Å². The predicted molar refractivity (Wildman–Crippen MR) is 238 cm³/mol. The molecule has 3 fully saturated rings. The number of alkyl halides is 1. The monoisotopic (exact) mass is 982 g/mol. The van der Waals surface area contributed by atoms with Gasteiger partial charge in [-0.2, -0.15) is 0 Å². The van der Waals surface area contributed by atoms with Gasteiger partial charge in [-0.1, -0.05) is 56.3 Å². The quantitative estimate of drug-likeness (QED) is 0.0561. The molecule has 2 aromatic carbocycles. The molecule has 67 heavy (non-hydrogen) atoms. The van der Waals surface area contributed by atoms with Crippen molar-refractivity contribution in [2.45, 2.75) is 95.0 Å². The summed E-state index contributed by atoms with van der Waals surface area (Å²) in [5.41, 5.74) is 2.35. The molecule has 6 heterocycles. The number of hydrogen-bond donors (Lipinski definition) is 1. The third kappa shape index (κ3) is 10.1. The summed E-state index contributed by atoms with van der Waals surface area (Å²) in [6.45, 7) is 23.9. The van der Waals surface area contributed by atoms with Crippen LogP contribution in [0.15, 0.2) is 61.2 Å². The third-order valence-electron chi connectivity index (χ3n) is 11.8. The van der Waals surface area contributed by atoms with Crippen molar-refractivity contribution < 1.29 is 59.4 Å². The standard InChI is InChI=1S/C41H49FN10O12P2Si/c1-25-13-12-16-27-31(25)49-50-52(27)40-35-34(64-67(7,8)41(2,3)4)29(61-40)22-59-65(54,56-19-17-43-5)62-33-28(21-58-66(55,63-35)57-20-18-44-6)60-39(30(33)42)51-24-47-32-36(45-23-46-37(32)51)48-38(53)26-14-10-9-11-15-26/h9-16,23-24,28-30,33-35,39-40H,17-22H2,1-4,7-8H3,(H,45,46,48,53)/t28-,29-,30-,33-,34-,35-,39-,40-,65?,66?/m1/s1. The molecule has 2 unspecified atom stereocenters. The van der Waals surface area contributed by atoms with Crippen molar-refractivity contribution in [3.63, 3.8) is 0 Å². The zero-order valence-electron chi connectivity index (χ0n) is 37.3. The molecule has 0 saturated carbocycles. The molecular formula is C41H49FN10O12P2Si. The van der Waals surface area contributed by atoms with Gasteiger partial charge in [0.15, 0.2) is 43.9 Å². The van der Waals surface area contributed by atoms with E-state index in [2.05, 4.69) is 40.3 Å². The van der Waals surface area contributed by atoms with Crippen LogP contribution in [0.5, 0.6) is 0 Å². The minimum absolute atomic E-state index is 0.0222. The van der Waals surface area contributed by atoms with E-state index in [4.69, 9.17) is 54.2 Å². The molecule has 2 bridgehead atoms. The SMILES string of the molecule is [C-]#[N+]CCOP1(=O)OC[C@H]2O[C@@H](n3cnc4c(NC(=O)c5ccccc5)ncnc43)[C@H](F)[C@@H]2OP(=O)(OCC[N+]#[C-])OC[C@H]2O[C@@H](n3nnc4c(C)cccc43)[C@H](O1)[C@@H]2O[Si](C)(C)C(C)(C)C. The number of nitrogens with one attached hydrogen (secondary N) is 1. The number of nitrogens with zero attached hydrogens (tertiary/aromatic N) is 9. The maximum atomic E-state index is 17.2. The average Bonchev–Trinajstić information content (AvgIpc) is 4.07. The second-order valence-electron chi connectivity index (χ2n) is 17.3. The van der Waals surface area contributed by atoms with Crippen molar-refractivity contribution in [1.82, 2.24) is 34.5 Å². The van der Waals surface area contributed by atoms with Crippen LogP contribution in [0.4, 0.5) is 10.2 Å². The molecule has 356 valence electrons. The van der Waals surface area contributed by atoms with Gasteiger partial charge in [-0.25, -0.2) is 46.3 Å². The molecule has 10 atom stereocenters. The Bertz CT molecular complexity index is 2780. The van der Waals surface area contributed by atoms with Crippen molar-refractivity contribution in [1.29, 1.82) is 0 Å². The molecule has 22 nitrogen and oxygen atoms in total. The first-order valence-corrected chi connectivity index (χ1v) is 27.1. The number of rotatable bonds is 12. The fourth-order valence-corrected chi connectivity index (χ4v) is 11.4. The summed E-state index contributed by atoms with van der Waals surface area (Å²) in [4.78, 5) is 32.5. The second-order valence-corrected chi connectivity index (χ2v) is 25.3. The van der Waals surface area contributed by atoms with Crippen molar-refractivity contribution in [3.05, 3.63) is 95.1 Å². The number of carbonyl (C=O) groups is 1. The number of hydrogen-bond acceptors (Lipinski definition) is 17. The van der Waals surface area contributed by atoms with Crippen molar-refractivity contribution >= 4 is 57.9 Å². The van der Waals surface area contributed by atoms with E-state index >= 15 is 8.96 Å². The van der Waals surface area contributed by atoms with E-state index in [0.29, 0.717) is 16.6 Å². The van der Waals surface area contributed by atoms with Crippen molar-refractivity contribution in [2.24, 2.45) is 0 Å². The van der Waals surface area contributed by atoms with E-state index in [1.165, 1.54) is 15.6 Å². The average molecular weight is 983 g/mol. The topological polar surface area (TPSA) is 229 Å². The predicted octanol–water partition coefficient (Wildman–Crippen LogP) is 7.26. The van der Waals surface area contributed by atoms with Crippen LogP contribution in [0.2, 0.25) is 18.1 Å². The van der Waals surface area contributed by atoms with Gasteiger partial charge >= 0.3 is 15.6 Å². The first-order chi connectivity index (χ1) is 31.9. The molecule has 0 radical (unpaired) electrons. The number of benzene rings is 2. The Hall–Kier alpha value is -4.91. The Morgan fingerprint density at radius 3 is 2.22 bits per heavy atom. The number of aromatic nitrogens is 7. The maximum absolute atomic E-state index is 17.2. The lowest BCUT2D eigenvalue weighted by Crippen LogP contribution is -2.50. The van der Waals surface area contributed by atoms with Crippen LogP contribution in [0.25, 0.3) is 31.9 Å². The van der Waals surface area contributed by atoms with Gasteiger partial charge in [0.05, 0.1) is 25.1 Å². The number of amides is 1.